The predicted octanol–water partition coefficient (Wildman–Crippen LogP) is 2.86. The van der Waals surface area contributed by atoms with Gasteiger partial charge in [0.25, 0.3) is 5.91 Å². The number of carbonyl (C=O) groups excluding carboxylic acids is 2. The molecule has 0 fully saturated rings. The fourth-order valence-corrected chi connectivity index (χ4v) is 3.13. The third-order valence-electron chi connectivity index (χ3n) is 4.37. The van der Waals surface area contributed by atoms with Crippen LogP contribution in [0.5, 0.6) is 5.75 Å². The molecule has 8 heteroatoms. The number of ketones is 1. The molecule has 1 N–H and O–H groups in total. The van der Waals surface area contributed by atoms with Crippen LogP contribution in [0.25, 0.3) is 0 Å². The Morgan fingerprint density at radius 2 is 1.96 bits per heavy atom. The number of aliphatic hydroxyl groups excluding tert-OH is 1. The highest BCUT2D eigenvalue weighted by atomic mass is 16.5. The molecular formula is C20H15N3O5. The monoisotopic (exact) mass is 377 g/mol. The normalized spacial score (nSPS) is 16.5. The number of Topliss-reactive ketones (excluding diaryl/α,β-unsaturated/α-hetero) is 1. The van der Waals surface area contributed by atoms with Gasteiger partial charge in [0.2, 0.25) is 11.7 Å². The second-order valence-corrected chi connectivity index (χ2v) is 5.97. The molecule has 1 amide bonds. The molecule has 3 aromatic rings. The first-order valence-corrected chi connectivity index (χ1v) is 8.37. The highest BCUT2D eigenvalue weighted by molar-refractivity contribution is 6.19. The van der Waals surface area contributed by atoms with Crippen molar-refractivity contribution in [2.24, 2.45) is 0 Å². The van der Waals surface area contributed by atoms with E-state index in [9.17, 15) is 14.7 Å². The van der Waals surface area contributed by atoms with Crippen molar-refractivity contribution in [3.63, 3.8) is 0 Å². The maximum absolute atomic E-state index is 13.0. The van der Waals surface area contributed by atoms with E-state index < -0.39 is 23.5 Å². The van der Waals surface area contributed by atoms with E-state index in [4.69, 9.17) is 9.15 Å². The molecular weight excluding hydrogens is 362 g/mol. The van der Waals surface area contributed by atoms with Gasteiger partial charge in [-0.2, -0.15) is 0 Å². The van der Waals surface area contributed by atoms with Crippen molar-refractivity contribution in [2.75, 3.05) is 12.0 Å². The molecule has 0 saturated carbocycles. The largest absolute Gasteiger partial charge is 0.503 e. The van der Waals surface area contributed by atoms with Gasteiger partial charge >= 0.3 is 0 Å². The van der Waals surface area contributed by atoms with Crippen LogP contribution in [-0.4, -0.2) is 33.9 Å². The molecule has 3 heterocycles. The lowest BCUT2D eigenvalue weighted by atomic mass is 9.95. The van der Waals surface area contributed by atoms with Crippen molar-refractivity contribution in [2.45, 2.75) is 6.04 Å². The van der Waals surface area contributed by atoms with Gasteiger partial charge in [-0.15, -0.1) is 0 Å². The SMILES string of the molecule is COc1cccc(C2C(C(=O)c3ccco3)=C(O)C(=O)N2c2ncccn2)c1. The number of carbonyl (C=O) groups is 2. The summed E-state index contributed by atoms with van der Waals surface area (Å²) in [6.45, 7) is 0. The lowest BCUT2D eigenvalue weighted by Crippen LogP contribution is -2.32. The third-order valence-corrected chi connectivity index (χ3v) is 4.37. The quantitative estimate of drug-likeness (QED) is 0.682. The Balaban J connectivity index is 1.89. The van der Waals surface area contributed by atoms with Crippen molar-refractivity contribution in [3.8, 4) is 5.75 Å². The second-order valence-electron chi connectivity index (χ2n) is 5.97. The van der Waals surface area contributed by atoms with E-state index in [0.717, 1.165) is 0 Å². The Morgan fingerprint density at radius 1 is 1.18 bits per heavy atom. The Hall–Kier alpha value is -3.94. The number of rotatable bonds is 5. The van der Waals surface area contributed by atoms with Crippen LogP contribution in [0.4, 0.5) is 5.95 Å². The lowest BCUT2D eigenvalue weighted by Gasteiger charge is -2.24. The van der Waals surface area contributed by atoms with Crippen LogP contribution < -0.4 is 9.64 Å². The smallest absolute Gasteiger partial charge is 0.296 e. The molecule has 1 unspecified atom stereocenters. The van der Waals surface area contributed by atoms with Crippen molar-refractivity contribution in [1.29, 1.82) is 0 Å². The fraction of sp³-hybridized carbons (Fsp3) is 0.100. The molecule has 1 aliphatic rings. The fourth-order valence-electron chi connectivity index (χ4n) is 3.13. The number of benzene rings is 1. The summed E-state index contributed by atoms with van der Waals surface area (Å²) >= 11 is 0. The van der Waals surface area contributed by atoms with Gasteiger partial charge in [0.15, 0.2) is 11.5 Å². The Labute approximate surface area is 159 Å². The van der Waals surface area contributed by atoms with Gasteiger partial charge in [0.05, 0.1) is 25.0 Å². The van der Waals surface area contributed by atoms with E-state index in [0.29, 0.717) is 11.3 Å². The highest BCUT2D eigenvalue weighted by Crippen LogP contribution is 2.41. The van der Waals surface area contributed by atoms with Gasteiger partial charge in [-0.1, -0.05) is 12.1 Å². The molecule has 0 radical (unpaired) electrons. The summed E-state index contributed by atoms with van der Waals surface area (Å²) in [6.07, 6.45) is 4.30. The molecule has 140 valence electrons. The van der Waals surface area contributed by atoms with Crippen molar-refractivity contribution < 1.29 is 23.8 Å². The number of ether oxygens (including phenoxy) is 1. The first-order chi connectivity index (χ1) is 13.6. The number of amides is 1. The first-order valence-electron chi connectivity index (χ1n) is 8.37. The third kappa shape index (κ3) is 2.81. The van der Waals surface area contributed by atoms with Crippen LogP contribution in [0.1, 0.15) is 22.2 Å². The van der Waals surface area contributed by atoms with Crippen molar-refractivity contribution >= 4 is 17.6 Å². The van der Waals surface area contributed by atoms with Gasteiger partial charge in [0, 0.05) is 12.4 Å². The summed E-state index contributed by atoms with van der Waals surface area (Å²) in [7, 11) is 1.51. The molecule has 4 rings (SSSR count). The summed E-state index contributed by atoms with van der Waals surface area (Å²) in [5.41, 5.74) is 0.444. The van der Waals surface area contributed by atoms with Gasteiger partial charge in [0.1, 0.15) is 5.75 Å². The van der Waals surface area contributed by atoms with Crippen LogP contribution >= 0.6 is 0 Å². The molecule has 1 aromatic carbocycles. The molecule has 1 atom stereocenters. The average Bonchev–Trinajstić information content (AvgIpc) is 3.36. The minimum absolute atomic E-state index is 0.0121. The van der Waals surface area contributed by atoms with E-state index in [1.807, 2.05) is 0 Å². The number of aliphatic hydroxyl groups is 1. The molecule has 0 bridgehead atoms. The maximum Gasteiger partial charge on any atom is 0.296 e. The van der Waals surface area contributed by atoms with E-state index in [-0.39, 0.29) is 17.3 Å². The standard InChI is InChI=1S/C20H15N3O5/c1-27-13-6-2-5-12(11-13)16-15(17(24)14-7-3-10-28-14)18(25)19(26)23(16)20-21-8-4-9-22-20/h2-11,16,25H,1H3. The number of hydrogen-bond donors (Lipinski definition) is 1. The van der Waals surface area contributed by atoms with E-state index in [1.54, 1.807) is 36.4 Å². The Morgan fingerprint density at radius 3 is 2.64 bits per heavy atom. The van der Waals surface area contributed by atoms with Crippen LogP contribution in [0.2, 0.25) is 0 Å². The van der Waals surface area contributed by atoms with E-state index in [1.165, 1.54) is 36.7 Å². The van der Waals surface area contributed by atoms with Crippen molar-refractivity contribution in [3.05, 3.63) is 83.8 Å². The van der Waals surface area contributed by atoms with Gasteiger partial charge in [-0.3, -0.25) is 14.5 Å². The number of methoxy groups -OCH3 is 1. The highest BCUT2D eigenvalue weighted by Gasteiger charge is 2.46. The molecule has 1 aliphatic heterocycles. The van der Waals surface area contributed by atoms with Crippen LogP contribution in [0.15, 0.2) is 76.9 Å². The Kier molecular flexibility index (Phi) is 4.36. The van der Waals surface area contributed by atoms with E-state index in [2.05, 4.69) is 9.97 Å². The molecule has 8 nitrogen and oxygen atoms in total. The molecule has 2 aromatic heterocycles. The molecule has 28 heavy (non-hydrogen) atoms. The summed E-state index contributed by atoms with van der Waals surface area (Å²) in [4.78, 5) is 35.3. The molecule has 0 aliphatic carbocycles. The number of furan rings is 1. The molecule has 0 saturated heterocycles. The summed E-state index contributed by atoms with van der Waals surface area (Å²) in [5.74, 6) is -1.42. The number of hydrogen-bond acceptors (Lipinski definition) is 7. The number of nitrogens with zero attached hydrogens (tertiary/aromatic N) is 3. The zero-order chi connectivity index (χ0) is 19.7. The van der Waals surface area contributed by atoms with Gasteiger partial charge in [-0.05, 0) is 35.9 Å². The number of anilines is 1. The minimum atomic E-state index is -0.942. The van der Waals surface area contributed by atoms with Crippen molar-refractivity contribution in [1.82, 2.24) is 9.97 Å². The van der Waals surface area contributed by atoms with Crippen LogP contribution in [-0.2, 0) is 4.79 Å². The van der Waals surface area contributed by atoms with Gasteiger partial charge < -0.3 is 14.3 Å². The summed E-state index contributed by atoms with van der Waals surface area (Å²) in [5, 5.41) is 10.6. The minimum Gasteiger partial charge on any atom is -0.503 e. The van der Waals surface area contributed by atoms with E-state index >= 15 is 0 Å². The lowest BCUT2D eigenvalue weighted by molar-refractivity contribution is -0.117. The van der Waals surface area contributed by atoms with Gasteiger partial charge in [-0.25, -0.2) is 9.97 Å². The predicted molar refractivity (Wildman–Crippen MR) is 97.9 cm³/mol. The van der Waals surface area contributed by atoms with Crippen LogP contribution in [0.3, 0.4) is 0 Å². The number of aromatic nitrogens is 2. The van der Waals surface area contributed by atoms with Crippen LogP contribution in [0, 0.1) is 0 Å². The topological polar surface area (TPSA) is 106 Å². The maximum atomic E-state index is 13.0. The first kappa shape index (κ1) is 17.5. The summed E-state index contributed by atoms with van der Waals surface area (Å²) in [6, 6.07) is 10.6. The zero-order valence-corrected chi connectivity index (χ0v) is 14.8. The summed E-state index contributed by atoms with van der Waals surface area (Å²) < 4.78 is 10.4. The average molecular weight is 377 g/mol. The second kappa shape index (κ2) is 6.99. The molecule has 0 spiro atoms. The Bertz CT molecular complexity index is 1060. The zero-order valence-electron chi connectivity index (χ0n) is 14.8.